The molecule has 3 nitrogen and oxygen atoms in total. The molecule has 2 aromatic rings. The molecular formula is C17H17NO2S. The fourth-order valence-corrected chi connectivity index (χ4v) is 3.62. The maximum absolute atomic E-state index is 10.5. The number of thiophene rings is 1. The maximum Gasteiger partial charge on any atom is 0.328 e. The highest BCUT2D eigenvalue weighted by Crippen LogP contribution is 2.29. The van der Waals surface area contributed by atoms with Crippen LogP contribution in [-0.2, 0) is 17.8 Å². The van der Waals surface area contributed by atoms with Crippen LogP contribution in [0.3, 0.4) is 0 Å². The zero-order valence-corrected chi connectivity index (χ0v) is 12.5. The van der Waals surface area contributed by atoms with Gasteiger partial charge >= 0.3 is 5.97 Å². The molecule has 108 valence electrons. The van der Waals surface area contributed by atoms with Crippen LogP contribution in [0, 0.1) is 0 Å². The monoisotopic (exact) mass is 299 g/mol. The van der Waals surface area contributed by atoms with Crippen molar-refractivity contribution >= 4 is 29.1 Å². The molecule has 21 heavy (non-hydrogen) atoms. The Hall–Kier alpha value is -2.07. The van der Waals surface area contributed by atoms with E-state index in [0.717, 1.165) is 24.4 Å². The Balaban J connectivity index is 1.74. The van der Waals surface area contributed by atoms with Crippen molar-refractivity contribution in [3.05, 3.63) is 57.8 Å². The lowest BCUT2D eigenvalue weighted by Gasteiger charge is -2.30. The lowest BCUT2D eigenvalue weighted by atomic mass is 10.0. The molecule has 1 aliphatic heterocycles. The Morgan fingerprint density at radius 3 is 3.00 bits per heavy atom. The van der Waals surface area contributed by atoms with Crippen molar-refractivity contribution in [2.24, 2.45) is 0 Å². The summed E-state index contributed by atoms with van der Waals surface area (Å²) >= 11 is 1.65. The summed E-state index contributed by atoms with van der Waals surface area (Å²) in [6.45, 7) is 1.97. The third-order valence-corrected chi connectivity index (χ3v) is 4.66. The van der Waals surface area contributed by atoms with E-state index in [-0.39, 0.29) is 0 Å². The average molecular weight is 299 g/mol. The molecule has 1 N–H and O–H groups in total. The standard InChI is InChI=1S/C17H17NO2S/c19-17(20)10-9-14-7-8-15(21-14)12-18-11-3-5-13-4-1-2-6-16(13)18/h1-2,4,6-10H,3,5,11-12H2,(H,19,20). The molecule has 1 aromatic carbocycles. The first-order chi connectivity index (χ1) is 10.2. The summed E-state index contributed by atoms with van der Waals surface area (Å²) in [5.74, 6) is -0.907. The highest BCUT2D eigenvalue weighted by Gasteiger charge is 2.16. The number of carboxylic acid groups (broad SMARTS) is 1. The van der Waals surface area contributed by atoms with Crippen LogP contribution in [0.5, 0.6) is 0 Å². The quantitative estimate of drug-likeness (QED) is 0.873. The average Bonchev–Trinajstić information content (AvgIpc) is 2.93. The van der Waals surface area contributed by atoms with Crippen LogP contribution in [-0.4, -0.2) is 17.6 Å². The van der Waals surface area contributed by atoms with Gasteiger partial charge in [0.25, 0.3) is 0 Å². The molecule has 0 aliphatic carbocycles. The number of hydrogen-bond donors (Lipinski definition) is 1. The molecule has 0 saturated carbocycles. The molecule has 0 unspecified atom stereocenters. The first-order valence-corrected chi connectivity index (χ1v) is 7.86. The van der Waals surface area contributed by atoms with E-state index in [0.29, 0.717) is 0 Å². The second-order valence-electron chi connectivity index (χ2n) is 5.13. The van der Waals surface area contributed by atoms with Crippen LogP contribution in [0.1, 0.15) is 21.7 Å². The number of anilines is 1. The van der Waals surface area contributed by atoms with Crippen molar-refractivity contribution in [2.45, 2.75) is 19.4 Å². The van der Waals surface area contributed by atoms with Crippen molar-refractivity contribution in [3.63, 3.8) is 0 Å². The van der Waals surface area contributed by atoms with Crippen molar-refractivity contribution in [1.82, 2.24) is 0 Å². The molecule has 0 radical (unpaired) electrons. The second kappa shape index (κ2) is 6.14. The van der Waals surface area contributed by atoms with Gasteiger partial charge in [-0.2, -0.15) is 0 Å². The van der Waals surface area contributed by atoms with E-state index >= 15 is 0 Å². The summed E-state index contributed by atoms with van der Waals surface area (Å²) in [7, 11) is 0. The summed E-state index contributed by atoms with van der Waals surface area (Å²) < 4.78 is 0. The van der Waals surface area contributed by atoms with Gasteiger partial charge in [0.15, 0.2) is 0 Å². The van der Waals surface area contributed by atoms with Gasteiger partial charge in [0.05, 0.1) is 6.54 Å². The Morgan fingerprint density at radius 2 is 2.14 bits per heavy atom. The number of nitrogens with zero attached hydrogens (tertiary/aromatic N) is 1. The van der Waals surface area contributed by atoms with E-state index in [1.54, 1.807) is 17.4 Å². The maximum atomic E-state index is 10.5. The van der Waals surface area contributed by atoms with Gasteiger partial charge in [-0.1, -0.05) is 18.2 Å². The molecule has 0 saturated heterocycles. The van der Waals surface area contributed by atoms with Crippen molar-refractivity contribution in [2.75, 3.05) is 11.4 Å². The number of aryl methyl sites for hydroxylation is 1. The largest absolute Gasteiger partial charge is 0.478 e. The molecule has 0 fully saturated rings. The van der Waals surface area contributed by atoms with E-state index in [2.05, 4.69) is 35.2 Å². The van der Waals surface area contributed by atoms with Crippen molar-refractivity contribution in [1.29, 1.82) is 0 Å². The number of benzene rings is 1. The lowest BCUT2D eigenvalue weighted by molar-refractivity contribution is -0.131. The Labute approximate surface area is 128 Å². The van der Waals surface area contributed by atoms with Gasteiger partial charge in [0.1, 0.15) is 0 Å². The summed E-state index contributed by atoms with van der Waals surface area (Å²) in [6, 6.07) is 12.7. The highest BCUT2D eigenvalue weighted by atomic mass is 32.1. The fourth-order valence-electron chi connectivity index (χ4n) is 2.69. The third kappa shape index (κ3) is 3.34. The number of para-hydroxylation sites is 1. The lowest BCUT2D eigenvalue weighted by Crippen LogP contribution is -2.28. The van der Waals surface area contributed by atoms with Crippen LogP contribution in [0.4, 0.5) is 5.69 Å². The zero-order valence-electron chi connectivity index (χ0n) is 11.7. The van der Waals surface area contributed by atoms with Gasteiger partial charge < -0.3 is 10.0 Å². The number of carbonyl (C=O) groups is 1. The van der Waals surface area contributed by atoms with Crippen LogP contribution >= 0.6 is 11.3 Å². The minimum Gasteiger partial charge on any atom is -0.478 e. The molecule has 4 heteroatoms. The van der Waals surface area contributed by atoms with Crippen LogP contribution < -0.4 is 4.90 Å². The van der Waals surface area contributed by atoms with Gasteiger partial charge in [-0.3, -0.25) is 0 Å². The van der Waals surface area contributed by atoms with E-state index in [9.17, 15) is 4.79 Å². The Bertz CT molecular complexity index is 675. The molecular weight excluding hydrogens is 282 g/mol. The topological polar surface area (TPSA) is 40.5 Å². The third-order valence-electron chi connectivity index (χ3n) is 3.63. The van der Waals surface area contributed by atoms with Gasteiger partial charge in [0, 0.05) is 28.1 Å². The minimum absolute atomic E-state index is 0.891. The molecule has 0 bridgehead atoms. The van der Waals surface area contributed by atoms with Crippen molar-refractivity contribution < 1.29 is 9.90 Å². The zero-order chi connectivity index (χ0) is 14.7. The van der Waals surface area contributed by atoms with E-state index in [4.69, 9.17) is 5.11 Å². The predicted octanol–water partition coefficient (Wildman–Crippen LogP) is 3.80. The molecule has 0 amide bonds. The summed E-state index contributed by atoms with van der Waals surface area (Å²) in [4.78, 5) is 15.2. The van der Waals surface area contributed by atoms with E-state index in [1.165, 1.54) is 28.6 Å². The molecule has 0 spiro atoms. The number of rotatable bonds is 4. The van der Waals surface area contributed by atoms with Crippen LogP contribution in [0.25, 0.3) is 6.08 Å². The van der Waals surface area contributed by atoms with E-state index in [1.807, 2.05) is 6.07 Å². The first kappa shape index (κ1) is 13.9. The summed E-state index contributed by atoms with van der Waals surface area (Å²) in [5.41, 5.74) is 2.76. The molecule has 0 atom stereocenters. The SMILES string of the molecule is O=C(O)C=Cc1ccc(CN2CCCc3ccccc32)s1. The minimum atomic E-state index is -0.907. The molecule has 1 aromatic heterocycles. The highest BCUT2D eigenvalue weighted by molar-refractivity contribution is 7.12. The van der Waals surface area contributed by atoms with Crippen LogP contribution in [0.15, 0.2) is 42.5 Å². The van der Waals surface area contributed by atoms with Crippen molar-refractivity contribution in [3.8, 4) is 0 Å². The fraction of sp³-hybridized carbons (Fsp3) is 0.235. The van der Waals surface area contributed by atoms with Gasteiger partial charge in [-0.05, 0) is 42.7 Å². The van der Waals surface area contributed by atoms with Gasteiger partial charge in [-0.25, -0.2) is 4.79 Å². The number of fused-ring (bicyclic) bond motifs is 1. The number of hydrogen-bond acceptors (Lipinski definition) is 3. The van der Waals surface area contributed by atoms with E-state index < -0.39 is 5.97 Å². The molecule has 3 rings (SSSR count). The van der Waals surface area contributed by atoms with Gasteiger partial charge in [-0.15, -0.1) is 11.3 Å². The summed E-state index contributed by atoms with van der Waals surface area (Å²) in [6.07, 6.45) is 5.18. The first-order valence-electron chi connectivity index (χ1n) is 7.05. The predicted molar refractivity (Wildman–Crippen MR) is 86.8 cm³/mol. The Morgan fingerprint density at radius 1 is 1.29 bits per heavy atom. The smallest absolute Gasteiger partial charge is 0.328 e. The van der Waals surface area contributed by atoms with Crippen LogP contribution in [0.2, 0.25) is 0 Å². The van der Waals surface area contributed by atoms with Gasteiger partial charge in [0.2, 0.25) is 0 Å². The number of aliphatic carboxylic acids is 1. The normalized spacial score (nSPS) is 14.4. The second-order valence-corrected chi connectivity index (χ2v) is 6.33. The molecule has 1 aliphatic rings. The summed E-state index contributed by atoms with van der Waals surface area (Å²) in [5, 5.41) is 8.66. The molecule has 2 heterocycles. The Kier molecular flexibility index (Phi) is 4.06. The number of carboxylic acids is 1.